The molecule has 2 amide bonds. The fourth-order valence-corrected chi connectivity index (χ4v) is 4.72. The Balaban J connectivity index is 1.36. The van der Waals surface area contributed by atoms with Gasteiger partial charge in [-0.15, -0.1) is 0 Å². The first-order chi connectivity index (χ1) is 19.6. The third-order valence-corrected chi connectivity index (χ3v) is 7.02. The number of aromatic nitrogens is 2. The maximum absolute atomic E-state index is 13.1. The van der Waals surface area contributed by atoms with Crippen LogP contribution < -0.4 is 11.1 Å². The first-order valence-corrected chi connectivity index (χ1v) is 13.6. The highest BCUT2D eigenvalue weighted by Gasteiger charge is 2.39. The fourth-order valence-electron chi connectivity index (χ4n) is 4.72. The van der Waals surface area contributed by atoms with E-state index in [0.29, 0.717) is 12.8 Å². The second kappa shape index (κ2) is 13.2. The minimum atomic E-state index is -1.26. The Bertz CT molecular complexity index is 1540. The van der Waals surface area contributed by atoms with Crippen molar-refractivity contribution in [1.29, 1.82) is 0 Å². The van der Waals surface area contributed by atoms with Crippen molar-refractivity contribution < 1.29 is 28.7 Å². The summed E-state index contributed by atoms with van der Waals surface area (Å²) >= 11 is 0. The highest BCUT2D eigenvalue weighted by atomic mass is 16.6. The second-order valence-electron chi connectivity index (χ2n) is 10.7. The van der Waals surface area contributed by atoms with E-state index in [1.54, 1.807) is 13.8 Å². The lowest BCUT2D eigenvalue weighted by molar-refractivity contribution is -0.168. The summed E-state index contributed by atoms with van der Waals surface area (Å²) in [6.07, 6.45) is 3.52. The van der Waals surface area contributed by atoms with E-state index >= 15 is 0 Å². The smallest absolute Gasteiger partial charge is 0.306 e. The predicted octanol–water partition coefficient (Wildman–Crippen LogP) is 3.69. The lowest BCUT2D eigenvalue weighted by Crippen LogP contribution is -2.49. The number of aryl methyl sites for hydroxylation is 2. The van der Waals surface area contributed by atoms with E-state index in [9.17, 15) is 19.2 Å². The van der Waals surface area contributed by atoms with Gasteiger partial charge in [0.2, 0.25) is 5.91 Å². The van der Waals surface area contributed by atoms with Gasteiger partial charge in [0.05, 0.1) is 0 Å². The lowest BCUT2D eigenvalue weighted by atomic mass is 9.86. The van der Waals surface area contributed by atoms with Crippen LogP contribution in [0.1, 0.15) is 44.2 Å². The molecule has 0 radical (unpaired) electrons. The number of nitrogens with two attached hydrogens (primary N) is 1. The van der Waals surface area contributed by atoms with Crippen molar-refractivity contribution in [3.8, 4) is 0 Å². The molecule has 2 aromatic heterocycles. The number of fused-ring (bicyclic) bond motifs is 2. The van der Waals surface area contributed by atoms with Crippen LogP contribution in [0.4, 0.5) is 0 Å². The maximum atomic E-state index is 13.1. The molecule has 41 heavy (non-hydrogen) atoms. The molecule has 0 unspecified atom stereocenters. The summed E-state index contributed by atoms with van der Waals surface area (Å²) in [5.41, 5.74) is 8.06. The van der Waals surface area contributed by atoms with Gasteiger partial charge in [-0.1, -0.05) is 50.2 Å². The van der Waals surface area contributed by atoms with Gasteiger partial charge < -0.3 is 30.5 Å². The van der Waals surface area contributed by atoms with Crippen molar-refractivity contribution in [3.05, 3.63) is 72.1 Å². The van der Waals surface area contributed by atoms with Gasteiger partial charge in [0, 0.05) is 65.4 Å². The lowest BCUT2D eigenvalue weighted by Gasteiger charge is -2.32. The molecule has 0 aliphatic carbocycles. The number of aromatic amines is 2. The van der Waals surface area contributed by atoms with Crippen molar-refractivity contribution in [2.24, 2.45) is 11.1 Å². The molecule has 216 valence electrons. The number of hydrogen-bond acceptors (Lipinski definition) is 6. The number of benzene rings is 2. The van der Waals surface area contributed by atoms with Gasteiger partial charge in [0.1, 0.15) is 6.61 Å². The summed E-state index contributed by atoms with van der Waals surface area (Å²) in [4.78, 5) is 56.1. The summed E-state index contributed by atoms with van der Waals surface area (Å²) < 4.78 is 11.2. The third-order valence-electron chi connectivity index (χ3n) is 7.02. The van der Waals surface area contributed by atoms with Gasteiger partial charge in [0.15, 0.2) is 6.10 Å². The molecule has 4 aromatic rings. The number of rotatable bonds is 14. The minimum Gasteiger partial charge on any atom is -0.465 e. The van der Waals surface area contributed by atoms with Crippen molar-refractivity contribution >= 4 is 45.6 Å². The van der Waals surface area contributed by atoms with Gasteiger partial charge in [-0.2, -0.15) is 0 Å². The number of amides is 2. The van der Waals surface area contributed by atoms with Crippen LogP contribution in [0, 0.1) is 5.41 Å². The molecular formula is C31H36N4O6. The van der Waals surface area contributed by atoms with Gasteiger partial charge in [-0.05, 0) is 36.1 Å². The highest BCUT2D eigenvalue weighted by molar-refractivity contribution is 5.86. The molecule has 0 fully saturated rings. The topological polar surface area (TPSA) is 156 Å². The van der Waals surface area contributed by atoms with Gasteiger partial charge >= 0.3 is 11.9 Å². The van der Waals surface area contributed by atoms with E-state index in [4.69, 9.17) is 15.2 Å². The highest BCUT2D eigenvalue weighted by Crippen LogP contribution is 2.27. The monoisotopic (exact) mass is 560 g/mol. The van der Waals surface area contributed by atoms with Gasteiger partial charge in [-0.3, -0.25) is 19.2 Å². The number of hydrogen-bond donors (Lipinski definition) is 4. The van der Waals surface area contributed by atoms with E-state index in [1.807, 2.05) is 60.9 Å². The minimum absolute atomic E-state index is 0.00194. The number of esters is 2. The normalized spacial score (nSPS) is 12.2. The molecule has 0 spiro atoms. The van der Waals surface area contributed by atoms with Crippen molar-refractivity contribution in [1.82, 2.24) is 15.3 Å². The summed E-state index contributed by atoms with van der Waals surface area (Å²) in [6, 6.07) is 15.6. The van der Waals surface area contributed by atoms with Crippen molar-refractivity contribution in [2.75, 3.05) is 13.2 Å². The Morgan fingerprint density at radius 3 is 1.93 bits per heavy atom. The number of carbonyl (C=O) groups excluding carboxylic acids is 4. The standard InChI is InChI=1S/C31H36N4O6/c1-31(2,19-40-27(37)13-11-20-17-34-24-9-5-3-7-22(20)24)29(30(39)33-16-15-26(32)36)41-28(38)14-12-21-18-35-25-10-6-4-8-23(21)25/h3-10,17-18,29,34-35H,11-16,19H2,1-2H3,(H2,32,36)(H,33,39)/t29-/m0/s1. The first kappa shape index (κ1) is 29.4. The number of nitrogens with one attached hydrogen (secondary N) is 3. The Hall–Kier alpha value is -4.60. The number of carbonyl (C=O) groups is 4. The van der Waals surface area contributed by atoms with Crippen LogP contribution in [0.3, 0.4) is 0 Å². The summed E-state index contributed by atoms with van der Waals surface area (Å²) in [5, 5.41) is 4.67. The van der Waals surface area contributed by atoms with Crippen LogP contribution in [0.15, 0.2) is 60.9 Å². The van der Waals surface area contributed by atoms with E-state index in [1.165, 1.54) is 0 Å². The molecule has 2 heterocycles. The fraction of sp³-hybridized carbons (Fsp3) is 0.355. The van der Waals surface area contributed by atoms with Gasteiger partial charge in [0.25, 0.3) is 5.91 Å². The van der Waals surface area contributed by atoms with E-state index in [-0.39, 0.29) is 32.4 Å². The number of para-hydroxylation sites is 2. The average molecular weight is 561 g/mol. The van der Waals surface area contributed by atoms with Crippen molar-refractivity contribution in [2.45, 2.75) is 52.1 Å². The largest absolute Gasteiger partial charge is 0.465 e. The zero-order valence-electron chi connectivity index (χ0n) is 23.3. The predicted molar refractivity (Wildman–Crippen MR) is 155 cm³/mol. The molecule has 2 aromatic carbocycles. The van der Waals surface area contributed by atoms with Crippen LogP contribution in [-0.4, -0.2) is 53.0 Å². The SMILES string of the molecule is CC(C)(COC(=O)CCc1c[nH]c2ccccc12)[C@@H](OC(=O)CCc1c[nH]c2ccccc12)C(=O)NCCC(N)=O. The van der Waals surface area contributed by atoms with Crippen LogP contribution in [-0.2, 0) is 41.5 Å². The number of H-pyrrole nitrogens is 2. The molecule has 0 saturated heterocycles. The molecular weight excluding hydrogens is 524 g/mol. The molecule has 4 rings (SSSR count). The molecule has 0 bridgehead atoms. The second-order valence-corrected chi connectivity index (χ2v) is 10.7. The molecule has 5 N–H and O–H groups in total. The third kappa shape index (κ3) is 7.75. The zero-order valence-corrected chi connectivity index (χ0v) is 23.3. The molecule has 0 saturated carbocycles. The average Bonchev–Trinajstić information content (AvgIpc) is 3.56. The quantitative estimate of drug-likeness (QED) is 0.172. The molecule has 10 nitrogen and oxygen atoms in total. The Morgan fingerprint density at radius 2 is 1.37 bits per heavy atom. The van der Waals surface area contributed by atoms with E-state index in [2.05, 4.69) is 15.3 Å². The van der Waals surface area contributed by atoms with Crippen LogP contribution in [0.2, 0.25) is 0 Å². The summed E-state index contributed by atoms with van der Waals surface area (Å²) in [5.74, 6) is -2.15. The van der Waals surface area contributed by atoms with Crippen LogP contribution in [0.5, 0.6) is 0 Å². The van der Waals surface area contributed by atoms with E-state index in [0.717, 1.165) is 32.9 Å². The molecule has 0 aliphatic rings. The molecule has 10 heteroatoms. The Kier molecular flexibility index (Phi) is 9.44. The van der Waals surface area contributed by atoms with Crippen LogP contribution in [0.25, 0.3) is 21.8 Å². The zero-order chi connectivity index (χ0) is 29.4. The summed E-state index contributed by atoms with van der Waals surface area (Å²) in [7, 11) is 0. The van der Waals surface area contributed by atoms with Crippen LogP contribution >= 0.6 is 0 Å². The number of primary amides is 1. The summed E-state index contributed by atoms with van der Waals surface area (Å²) in [6.45, 7) is 3.22. The molecule has 0 aliphatic heterocycles. The van der Waals surface area contributed by atoms with Crippen molar-refractivity contribution in [3.63, 3.8) is 0 Å². The maximum Gasteiger partial charge on any atom is 0.306 e. The Labute approximate surface area is 238 Å². The molecule has 1 atom stereocenters. The number of ether oxygens (including phenoxy) is 2. The Morgan fingerprint density at radius 1 is 0.829 bits per heavy atom. The van der Waals surface area contributed by atoms with E-state index < -0.39 is 35.3 Å². The first-order valence-electron chi connectivity index (χ1n) is 13.6. The van der Waals surface area contributed by atoms with Gasteiger partial charge in [-0.25, -0.2) is 0 Å².